The van der Waals surface area contributed by atoms with Gasteiger partial charge in [0.1, 0.15) is 0 Å². The normalized spacial score (nSPS) is 8.18. The molecule has 0 aromatic heterocycles. The maximum atomic E-state index is 9.20. The summed E-state index contributed by atoms with van der Waals surface area (Å²) in [5.41, 5.74) is 9.81. The third kappa shape index (κ3) is 26.6. The van der Waals surface area contributed by atoms with E-state index in [-0.39, 0.29) is 0 Å². The van der Waals surface area contributed by atoms with Crippen molar-refractivity contribution in [1.29, 1.82) is 0 Å². The zero-order valence-corrected chi connectivity index (χ0v) is 6.97. The van der Waals surface area contributed by atoms with Crippen molar-refractivity contribution < 1.29 is 25.6 Å². The van der Waals surface area contributed by atoms with Crippen LogP contribution in [0.2, 0.25) is 0 Å². The Labute approximate surface area is 70.9 Å². The molecule has 0 aromatic rings. The minimum atomic E-state index is -1.58. The van der Waals surface area contributed by atoms with Crippen molar-refractivity contribution in [2.24, 2.45) is 11.5 Å². The van der Waals surface area contributed by atoms with Gasteiger partial charge in [-0.15, -0.1) is 0 Å². The summed E-state index contributed by atoms with van der Waals surface area (Å²) in [6.45, 7) is 1.19. The van der Waals surface area contributed by atoms with Crippen molar-refractivity contribution in [3.05, 3.63) is 20.2 Å². The van der Waals surface area contributed by atoms with Gasteiger partial charge in [-0.05, 0) is 0 Å². The summed E-state index contributed by atoms with van der Waals surface area (Å²) in [6.07, 6.45) is 0. The number of nitrogens with zero attached hydrogens (tertiary/aromatic N) is 2. The Morgan fingerprint density at radius 1 is 1.09 bits per heavy atom. The molecule has 0 amide bonds. The number of hydrogen-bond donors (Lipinski definition) is 2. The molecule has 8 nitrogen and oxygen atoms in total. The van der Waals surface area contributed by atoms with Gasteiger partial charge in [0.2, 0.25) is 0 Å². The number of nitrogens with two attached hydrogens (primary N) is 2. The van der Waals surface area contributed by atoms with E-state index in [4.69, 9.17) is 11.5 Å². The van der Waals surface area contributed by atoms with Gasteiger partial charge >= 0.3 is 45.8 Å². The van der Waals surface area contributed by atoms with E-state index in [0.29, 0.717) is 13.1 Å². The Hall–Kier alpha value is -0.618. The van der Waals surface area contributed by atoms with Crippen LogP contribution in [0.4, 0.5) is 0 Å². The Balaban J connectivity index is 0. The summed E-state index contributed by atoms with van der Waals surface area (Å²) in [5, 5.41) is 18.4. The zero-order valence-electron chi connectivity index (χ0n) is 5.41. The first kappa shape index (κ1) is 13.0. The van der Waals surface area contributed by atoms with Crippen molar-refractivity contribution in [3.63, 3.8) is 0 Å². The van der Waals surface area contributed by atoms with Crippen molar-refractivity contribution >= 4 is 0 Å². The van der Waals surface area contributed by atoms with E-state index >= 15 is 0 Å². The molecule has 0 aliphatic heterocycles. The summed E-state index contributed by atoms with van der Waals surface area (Å²) < 4.78 is -1.90. The van der Waals surface area contributed by atoms with E-state index in [1.807, 2.05) is 0 Å². The van der Waals surface area contributed by atoms with Crippen LogP contribution in [0.25, 0.3) is 0 Å². The van der Waals surface area contributed by atoms with Gasteiger partial charge in [-0.3, -0.25) is 0 Å². The maximum absolute atomic E-state index is 9.20. The van der Waals surface area contributed by atoms with Gasteiger partial charge in [-0.1, -0.05) is 0 Å². The third-order valence-corrected chi connectivity index (χ3v) is 0.778. The standard InChI is InChI=1S/C2H8N2.2NO2.Pd/c3-1-2-4;2*2-1-3;/h1-4H2;;;. The van der Waals surface area contributed by atoms with Crippen LogP contribution >= 0.6 is 0 Å². The summed E-state index contributed by atoms with van der Waals surface area (Å²) >= 11 is -1.58. The fourth-order valence-electron chi connectivity index (χ4n) is 0.0422. The molecule has 0 radical (unpaired) electrons. The first-order chi connectivity index (χ1) is 5.04. The molecule has 11 heavy (non-hydrogen) atoms. The van der Waals surface area contributed by atoms with Crippen molar-refractivity contribution in [3.8, 4) is 0 Å². The van der Waals surface area contributed by atoms with E-state index in [1.165, 1.54) is 0 Å². The molecule has 9 heteroatoms. The molecule has 0 heterocycles. The molecule has 0 bridgehead atoms. The van der Waals surface area contributed by atoms with Gasteiger partial charge in [0.15, 0.2) is 0 Å². The van der Waals surface area contributed by atoms with Crippen LogP contribution in [-0.2, 0) is 18.5 Å². The van der Waals surface area contributed by atoms with E-state index < -0.39 is 25.6 Å². The van der Waals surface area contributed by atoms with Gasteiger partial charge in [0.25, 0.3) is 0 Å². The molecule has 0 aliphatic carbocycles. The molecular formula is C2H8N4O4Pd. The summed E-state index contributed by atoms with van der Waals surface area (Å²) in [5.74, 6) is 0. The summed E-state index contributed by atoms with van der Waals surface area (Å²) in [6, 6.07) is 0. The van der Waals surface area contributed by atoms with E-state index in [0.717, 1.165) is 0 Å². The Morgan fingerprint density at radius 3 is 1.36 bits per heavy atom. The van der Waals surface area contributed by atoms with Crippen molar-refractivity contribution in [1.82, 2.24) is 0 Å². The van der Waals surface area contributed by atoms with E-state index in [2.05, 4.69) is 0 Å². The van der Waals surface area contributed by atoms with Gasteiger partial charge in [0.05, 0.1) is 0 Å². The Bertz CT molecular complexity index is 115. The van der Waals surface area contributed by atoms with Crippen LogP contribution in [0.15, 0.2) is 0 Å². The Kier molecular flexibility index (Phi) is 11.1. The molecule has 0 aliphatic rings. The third-order valence-electron chi connectivity index (χ3n) is 0.270. The first-order valence-electron chi connectivity index (χ1n) is 2.33. The SMILES string of the molecule is NCCN.O=[N+]([O-])[Pd][N+](=O)[O-]. The molecular weight excluding hydrogens is 250 g/mol. The number of hydrogen-bond acceptors (Lipinski definition) is 6. The van der Waals surface area contributed by atoms with E-state index in [9.17, 15) is 20.2 Å². The second kappa shape index (κ2) is 9.38. The average Bonchev–Trinajstić information content (AvgIpc) is 1.85. The quantitative estimate of drug-likeness (QED) is 0.353. The molecule has 0 fully saturated rings. The molecule has 0 saturated carbocycles. The zero-order chi connectivity index (χ0) is 9.28. The van der Waals surface area contributed by atoms with Crippen LogP contribution in [-0.4, -0.2) is 20.2 Å². The molecule has 70 valence electrons. The van der Waals surface area contributed by atoms with Crippen LogP contribution in [0, 0.1) is 20.2 Å². The monoisotopic (exact) mass is 258 g/mol. The second-order valence-electron chi connectivity index (χ2n) is 1.02. The fourth-order valence-corrected chi connectivity index (χ4v) is 0.249. The van der Waals surface area contributed by atoms with Crippen LogP contribution in [0.5, 0.6) is 0 Å². The van der Waals surface area contributed by atoms with Gasteiger partial charge < -0.3 is 11.5 Å². The average molecular weight is 259 g/mol. The second-order valence-corrected chi connectivity index (χ2v) is 2.47. The number of rotatable bonds is 3. The molecule has 0 saturated heterocycles. The minimum absolute atomic E-state index is 0.597. The molecule has 0 atom stereocenters. The molecule has 0 unspecified atom stereocenters. The van der Waals surface area contributed by atoms with Crippen molar-refractivity contribution in [2.75, 3.05) is 13.1 Å². The number of nitro groups is 2. The predicted octanol–water partition coefficient (Wildman–Crippen LogP) is -1.64. The Morgan fingerprint density at radius 2 is 1.36 bits per heavy atom. The first-order valence-corrected chi connectivity index (χ1v) is 3.72. The van der Waals surface area contributed by atoms with Crippen LogP contribution in [0.1, 0.15) is 0 Å². The molecule has 0 rings (SSSR count). The van der Waals surface area contributed by atoms with Crippen molar-refractivity contribution in [2.45, 2.75) is 0 Å². The summed E-state index contributed by atoms with van der Waals surface area (Å²) in [4.78, 5) is 18.4. The van der Waals surface area contributed by atoms with Crippen LogP contribution in [0.3, 0.4) is 0 Å². The van der Waals surface area contributed by atoms with Gasteiger partial charge in [-0.2, -0.15) is 0 Å². The fraction of sp³-hybridized carbons (Fsp3) is 1.00. The van der Waals surface area contributed by atoms with Crippen LogP contribution < -0.4 is 11.5 Å². The van der Waals surface area contributed by atoms with E-state index in [1.54, 1.807) is 0 Å². The van der Waals surface area contributed by atoms with Gasteiger partial charge in [-0.25, -0.2) is 0 Å². The summed E-state index contributed by atoms with van der Waals surface area (Å²) in [7, 11) is 0. The van der Waals surface area contributed by atoms with Gasteiger partial charge in [0, 0.05) is 13.1 Å². The molecule has 0 aromatic carbocycles. The molecule has 4 N–H and O–H groups in total. The topological polar surface area (TPSA) is 138 Å². The predicted molar refractivity (Wildman–Crippen MR) is 32.1 cm³/mol. The molecule has 0 spiro atoms.